The van der Waals surface area contributed by atoms with Crippen LogP contribution in [0.5, 0.6) is 0 Å². The van der Waals surface area contributed by atoms with Gasteiger partial charge in [-0.05, 0) is 68.7 Å². The number of unbranched alkanes of at least 4 members (excludes halogenated alkanes) is 2. The number of methoxy groups -OCH3 is 1. The molecule has 2 heterocycles. The van der Waals surface area contributed by atoms with Gasteiger partial charge in [-0.2, -0.15) is 0 Å². The number of nitrogens with zero attached hydrogens (tertiary/aromatic N) is 1. The highest BCUT2D eigenvalue weighted by molar-refractivity contribution is 7.91. The lowest BCUT2D eigenvalue weighted by Crippen LogP contribution is -2.62. The smallest absolute Gasteiger partial charge is 0.243 e. The summed E-state index contributed by atoms with van der Waals surface area (Å²) in [5, 5.41) is 15.4. The second-order valence-corrected chi connectivity index (χ2v) is 11.8. The molecule has 0 radical (unpaired) electrons. The Morgan fingerprint density at radius 3 is 2.40 bits per heavy atom. The molecular formula is C25H42ClN3O5S. The number of piperidine rings is 2. The van der Waals surface area contributed by atoms with Crippen LogP contribution in [0.3, 0.4) is 0 Å². The van der Waals surface area contributed by atoms with Crippen LogP contribution in [-0.4, -0.2) is 74.6 Å². The summed E-state index contributed by atoms with van der Waals surface area (Å²) in [6.07, 6.45) is 5.52. The minimum Gasteiger partial charge on any atom is -0.366 e. The second-order valence-electron chi connectivity index (χ2n) is 9.52. The summed E-state index contributed by atoms with van der Waals surface area (Å²) in [5.74, 6) is -0.225. The highest BCUT2D eigenvalue weighted by Crippen LogP contribution is 2.36. The van der Waals surface area contributed by atoms with Gasteiger partial charge in [-0.1, -0.05) is 44.0 Å². The molecule has 1 aromatic rings. The van der Waals surface area contributed by atoms with Gasteiger partial charge in [-0.3, -0.25) is 4.79 Å². The maximum atomic E-state index is 13.8. The van der Waals surface area contributed by atoms with E-state index >= 15 is 0 Å². The lowest BCUT2D eigenvalue weighted by molar-refractivity contribution is -0.128. The van der Waals surface area contributed by atoms with Crippen LogP contribution in [0.25, 0.3) is 0 Å². The summed E-state index contributed by atoms with van der Waals surface area (Å²) in [5.41, 5.74) is 2.62. The van der Waals surface area contributed by atoms with Gasteiger partial charge in [0, 0.05) is 20.2 Å². The second kappa shape index (κ2) is 13.9. The van der Waals surface area contributed by atoms with Crippen molar-refractivity contribution in [3.05, 3.63) is 35.4 Å². The number of aryl methyl sites for hydroxylation is 1. The average molecular weight is 532 g/mol. The van der Waals surface area contributed by atoms with E-state index in [4.69, 9.17) is 4.74 Å². The molecule has 3 N–H and O–H groups in total. The summed E-state index contributed by atoms with van der Waals surface area (Å²) in [7, 11) is -2.54. The molecule has 8 nitrogen and oxygen atoms in total. The molecule has 2 saturated heterocycles. The van der Waals surface area contributed by atoms with Crippen molar-refractivity contribution in [2.24, 2.45) is 0 Å². The number of hydrogen-bond acceptors (Lipinski definition) is 6. The minimum absolute atomic E-state index is 0. The van der Waals surface area contributed by atoms with Crippen molar-refractivity contribution in [1.29, 1.82) is 0 Å². The summed E-state index contributed by atoms with van der Waals surface area (Å²) in [4.78, 5) is 13.1. The van der Waals surface area contributed by atoms with E-state index in [0.29, 0.717) is 32.1 Å². The molecule has 0 bridgehead atoms. The third-order valence-corrected chi connectivity index (χ3v) is 9.97. The molecule has 1 amide bonds. The van der Waals surface area contributed by atoms with Crippen LogP contribution in [0.2, 0.25) is 0 Å². The van der Waals surface area contributed by atoms with Crippen LogP contribution < -0.4 is 10.6 Å². The van der Waals surface area contributed by atoms with Gasteiger partial charge in [-0.15, -0.1) is 12.4 Å². The van der Waals surface area contributed by atoms with Gasteiger partial charge in [-0.25, -0.2) is 12.7 Å². The number of ether oxygens (including phenoxy) is 1. The Bertz CT molecular complexity index is 883. The fourth-order valence-corrected chi connectivity index (χ4v) is 7.28. The van der Waals surface area contributed by atoms with Gasteiger partial charge in [0.2, 0.25) is 15.9 Å². The van der Waals surface area contributed by atoms with Gasteiger partial charge >= 0.3 is 0 Å². The van der Waals surface area contributed by atoms with Crippen LogP contribution in [0, 0.1) is 0 Å². The lowest BCUT2D eigenvalue weighted by Gasteiger charge is -2.41. The van der Waals surface area contributed by atoms with Crippen LogP contribution in [0.4, 0.5) is 0 Å². The molecule has 2 fully saturated rings. The summed E-state index contributed by atoms with van der Waals surface area (Å²) < 4.78 is 32.3. The fourth-order valence-electron chi connectivity index (χ4n) is 5.07. The molecule has 1 atom stereocenters. The van der Waals surface area contributed by atoms with E-state index in [0.717, 1.165) is 19.3 Å². The number of carbonyl (C=O) groups excluding carboxylic acids is 1. The van der Waals surface area contributed by atoms with Gasteiger partial charge in [0.05, 0.1) is 6.54 Å². The first kappa shape index (κ1) is 30.0. The van der Waals surface area contributed by atoms with Crippen molar-refractivity contribution in [3.8, 4) is 0 Å². The van der Waals surface area contributed by atoms with Gasteiger partial charge in [0.25, 0.3) is 0 Å². The van der Waals surface area contributed by atoms with Crippen LogP contribution in [0.15, 0.2) is 24.3 Å². The molecule has 1 unspecified atom stereocenters. The first-order chi connectivity index (χ1) is 16.3. The number of nitrogens with one attached hydrogen (secondary N) is 2. The Balaban J connectivity index is 0.00000432. The summed E-state index contributed by atoms with van der Waals surface area (Å²) in [6, 6.07) is 8.80. The zero-order valence-corrected chi connectivity index (χ0v) is 22.6. The van der Waals surface area contributed by atoms with Crippen LogP contribution in [-0.2, 0) is 26.0 Å². The third-order valence-electron chi connectivity index (χ3n) is 7.34. The van der Waals surface area contributed by atoms with Crippen molar-refractivity contribution >= 4 is 28.3 Å². The van der Waals surface area contributed by atoms with Gasteiger partial charge < -0.3 is 20.5 Å². The molecule has 10 heteroatoms. The first-order valence-electron chi connectivity index (χ1n) is 12.6. The Kier molecular flexibility index (Phi) is 11.9. The number of rotatable bonds is 11. The number of aliphatic hydroxyl groups is 1. The van der Waals surface area contributed by atoms with Crippen molar-refractivity contribution in [2.75, 3.05) is 39.8 Å². The largest absolute Gasteiger partial charge is 0.366 e. The van der Waals surface area contributed by atoms with Gasteiger partial charge in [0.15, 0.2) is 11.0 Å². The molecule has 3 rings (SSSR count). The molecule has 200 valence electrons. The average Bonchev–Trinajstić information content (AvgIpc) is 2.88. The number of benzene rings is 1. The fraction of sp³-hybridized carbons (Fsp3) is 0.720. The van der Waals surface area contributed by atoms with E-state index < -0.39 is 27.0 Å². The lowest BCUT2D eigenvalue weighted by atomic mass is 9.89. The topological polar surface area (TPSA) is 108 Å². The summed E-state index contributed by atoms with van der Waals surface area (Å²) in [6.45, 7) is 3.81. The Morgan fingerprint density at radius 2 is 1.83 bits per heavy atom. The van der Waals surface area contributed by atoms with E-state index in [1.807, 2.05) is 0 Å². The highest BCUT2D eigenvalue weighted by atomic mass is 35.5. The molecule has 0 spiro atoms. The van der Waals surface area contributed by atoms with Crippen molar-refractivity contribution in [2.45, 2.75) is 75.2 Å². The van der Waals surface area contributed by atoms with Gasteiger partial charge in [0.1, 0.15) is 0 Å². The predicted octanol–water partition coefficient (Wildman–Crippen LogP) is 2.55. The molecule has 0 saturated carbocycles. The number of carbonyl (C=O) groups is 1. The highest BCUT2D eigenvalue weighted by Gasteiger charge is 2.54. The number of halogens is 1. The predicted molar refractivity (Wildman–Crippen MR) is 140 cm³/mol. The maximum absolute atomic E-state index is 13.8. The number of amides is 1. The maximum Gasteiger partial charge on any atom is 0.243 e. The summed E-state index contributed by atoms with van der Waals surface area (Å²) >= 11 is 0. The number of aliphatic hydroxyl groups excluding tert-OH is 1. The molecule has 35 heavy (non-hydrogen) atoms. The van der Waals surface area contributed by atoms with Crippen molar-refractivity contribution in [1.82, 2.24) is 14.9 Å². The van der Waals surface area contributed by atoms with E-state index in [-0.39, 0.29) is 31.8 Å². The molecule has 2 aliphatic heterocycles. The normalized spacial score (nSPS) is 20.1. The Labute approximate surface area is 216 Å². The molecule has 0 aliphatic carbocycles. The van der Waals surface area contributed by atoms with E-state index in [1.165, 1.54) is 41.8 Å². The Hall–Kier alpha value is -1.23. The number of sulfonamides is 1. The molecule has 1 aromatic carbocycles. The van der Waals surface area contributed by atoms with Crippen molar-refractivity contribution in [3.63, 3.8) is 0 Å². The van der Waals surface area contributed by atoms with Crippen LogP contribution >= 0.6 is 12.4 Å². The zero-order valence-electron chi connectivity index (χ0n) is 21.0. The molecular weight excluding hydrogens is 490 g/mol. The SMILES string of the molecule is CCCCCc1ccc(C2CCN(S(=O)(=O)C3(C(=O)NCC(O)OC)CCNCC3)CC2)cc1.Cl. The van der Waals surface area contributed by atoms with E-state index in [1.54, 1.807) is 0 Å². The van der Waals surface area contributed by atoms with Crippen molar-refractivity contribution < 1.29 is 23.1 Å². The third kappa shape index (κ3) is 7.17. The first-order valence-corrected chi connectivity index (χ1v) is 14.1. The Morgan fingerprint density at radius 1 is 1.20 bits per heavy atom. The zero-order chi connectivity index (χ0) is 24.6. The van der Waals surface area contributed by atoms with E-state index in [2.05, 4.69) is 41.8 Å². The van der Waals surface area contributed by atoms with E-state index in [9.17, 15) is 18.3 Å². The molecule has 2 aliphatic rings. The minimum atomic E-state index is -3.87. The number of hydrogen-bond donors (Lipinski definition) is 3. The quantitative estimate of drug-likeness (QED) is 0.299. The monoisotopic (exact) mass is 531 g/mol. The standard InChI is InChI=1S/C25H41N3O5S.ClH/c1-3-4-5-6-20-7-9-21(10-8-20)22-11-17-28(18-12-22)34(31,32)25(13-15-26-16-14-25)24(30)27-19-23(29)33-2;/h7-10,22-23,26,29H,3-6,11-19H2,1-2H3,(H,27,30);1H. The molecule has 0 aromatic heterocycles. The van der Waals surface area contributed by atoms with Crippen LogP contribution in [0.1, 0.15) is 68.9 Å².